The van der Waals surface area contributed by atoms with Crippen LogP contribution in [0.2, 0.25) is 0 Å². The zero-order valence-corrected chi connectivity index (χ0v) is 18.9. The summed E-state index contributed by atoms with van der Waals surface area (Å²) in [5.41, 5.74) is 0.531. The molecule has 2 aromatic heterocycles. The van der Waals surface area contributed by atoms with E-state index < -0.39 is 11.4 Å². The quantitative estimate of drug-likeness (QED) is 0.758. The number of amides is 1. The molecule has 4 heterocycles. The number of halogens is 1. The number of likely N-dealkylation sites (tertiary alicyclic amines) is 2. The van der Waals surface area contributed by atoms with E-state index in [1.165, 1.54) is 6.07 Å². The van der Waals surface area contributed by atoms with Gasteiger partial charge in [0.15, 0.2) is 0 Å². The van der Waals surface area contributed by atoms with Gasteiger partial charge in [0.2, 0.25) is 0 Å². The summed E-state index contributed by atoms with van der Waals surface area (Å²) in [6, 6.07) is 1.83. The number of ether oxygens (including phenoxy) is 1. The van der Waals surface area contributed by atoms with Crippen LogP contribution in [0.25, 0.3) is 11.4 Å². The molecule has 5 rings (SSSR count). The van der Waals surface area contributed by atoms with Gasteiger partial charge in [0.25, 0.3) is 0 Å². The van der Waals surface area contributed by atoms with E-state index >= 15 is 0 Å². The summed E-state index contributed by atoms with van der Waals surface area (Å²) in [6.07, 6.45) is 9.94. The highest BCUT2D eigenvalue weighted by Gasteiger charge is 2.51. The van der Waals surface area contributed by atoms with Crippen LogP contribution in [-0.2, 0) is 10.3 Å². The van der Waals surface area contributed by atoms with E-state index in [4.69, 9.17) is 4.74 Å². The van der Waals surface area contributed by atoms with Crippen molar-refractivity contribution in [1.29, 1.82) is 0 Å². The minimum Gasteiger partial charge on any atom is -0.450 e. The Hall–Kier alpha value is -2.65. The van der Waals surface area contributed by atoms with E-state index in [0.29, 0.717) is 42.4 Å². The summed E-state index contributed by atoms with van der Waals surface area (Å²) in [4.78, 5) is 28.8. The van der Waals surface area contributed by atoms with Crippen molar-refractivity contribution in [2.75, 3.05) is 32.8 Å². The fourth-order valence-electron chi connectivity index (χ4n) is 5.83. The van der Waals surface area contributed by atoms with Crippen LogP contribution >= 0.6 is 0 Å². The largest absolute Gasteiger partial charge is 0.450 e. The molecule has 2 aromatic rings. The predicted molar refractivity (Wildman–Crippen MR) is 119 cm³/mol. The molecule has 3 fully saturated rings. The number of rotatable bonds is 4. The fourth-order valence-corrected chi connectivity index (χ4v) is 5.83. The maximum atomic E-state index is 14.1. The molecule has 1 atom stereocenters. The van der Waals surface area contributed by atoms with Gasteiger partial charge in [-0.3, -0.25) is 15.0 Å². The third-order valence-corrected chi connectivity index (χ3v) is 7.56. The van der Waals surface area contributed by atoms with E-state index in [0.717, 1.165) is 51.6 Å². The first-order valence-electron chi connectivity index (χ1n) is 11.7. The molecule has 0 radical (unpaired) electrons. The molecule has 9 heteroatoms. The average molecular weight is 456 g/mol. The monoisotopic (exact) mass is 455 g/mol. The van der Waals surface area contributed by atoms with E-state index in [-0.39, 0.29) is 11.5 Å². The maximum absolute atomic E-state index is 14.1. The number of aliphatic hydroxyl groups is 1. The summed E-state index contributed by atoms with van der Waals surface area (Å²) in [6.45, 7) is 5.24. The topological polar surface area (TPSA) is 91.7 Å². The van der Waals surface area contributed by atoms with Crippen molar-refractivity contribution >= 4 is 6.09 Å². The number of carbonyl (C=O) groups is 1. The first kappa shape index (κ1) is 22.2. The highest BCUT2D eigenvalue weighted by molar-refractivity contribution is 5.69. The Balaban J connectivity index is 1.24. The van der Waals surface area contributed by atoms with Crippen molar-refractivity contribution in [3.05, 3.63) is 42.2 Å². The molecular weight excluding hydrogens is 425 g/mol. The van der Waals surface area contributed by atoms with Crippen molar-refractivity contribution in [3.63, 3.8) is 0 Å². The number of nitrogens with zero attached hydrogens (tertiary/aromatic N) is 5. The Morgan fingerprint density at radius 2 is 2.00 bits per heavy atom. The minimum absolute atomic E-state index is 0.205. The summed E-state index contributed by atoms with van der Waals surface area (Å²) in [5, 5.41) is 11.5. The predicted octanol–water partition coefficient (Wildman–Crippen LogP) is 2.97. The number of piperidine rings is 1. The Bertz CT molecular complexity index is 1010. The van der Waals surface area contributed by atoms with Crippen LogP contribution in [0.3, 0.4) is 0 Å². The summed E-state index contributed by atoms with van der Waals surface area (Å²) in [7, 11) is 0. The lowest BCUT2D eigenvalue weighted by Gasteiger charge is -2.48. The lowest BCUT2D eigenvalue weighted by Crippen LogP contribution is -2.58. The van der Waals surface area contributed by atoms with Crippen LogP contribution in [0.4, 0.5) is 9.18 Å². The molecule has 0 aromatic carbocycles. The van der Waals surface area contributed by atoms with E-state index in [9.17, 15) is 14.3 Å². The molecule has 1 amide bonds. The smallest absolute Gasteiger partial charge is 0.409 e. The molecule has 2 saturated heterocycles. The second-order valence-corrected chi connectivity index (χ2v) is 9.66. The second-order valence-electron chi connectivity index (χ2n) is 9.66. The molecule has 8 nitrogen and oxygen atoms in total. The normalized spacial score (nSPS) is 24.0. The SMILES string of the molecule is CCOC(=O)N1CC2(CC[C@@H](N3CCC(O)(c4cc(F)cnc4-c4cnccn4)CC3)C2)C1. The summed E-state index contributed by atoms with van der Waals surface area (Å²) >= 11 is 0. The van der Waals surface area contributed by atoms with Crippen LogP contribution < -0.4 is 0 Å². The fraction of sp³-hybridized carbons (Fsp3) is 0.583. The Morgan fingerprint density at radius 3 is 2.70 bits per heavy atom. The van der Waals surface area contributed by atoms with Crippen LogP contribution in [0.15, 0.2) is 30.9 Å². The standard InChI is InChI=1S/C24H30FN5O3/c1-2-33-22(31)30-15-23(16-30)4-3-18(12-23)29-9-5-24(32,6-10-29)19-11-17(25)13-28-21(19)20-14-26-7-8-27-20/h7-8,11,13-14,18,32H,2-6,9-10,12,15-16H2,1H3/t18-/m1/s1. The van der Waals surface area contributed by atoms with Gasteiger partial charge in [0.05, 0.1) is 30.3 Å². The highest BCUT2D eigenvalue weighted by atomic mass is 19.1. The molecule has 176 valence electrons. The number of carbonyl (C=O) groups excluding carboxylic acids is 1. The summed E-state index contributed by atoms with van der Waals surface area (Å²) < 4.78 is 19.2. The lowest BCUT2D eigenvalue weighted by atomic mass is 9.78. The van der Waals surface area contributed by atoms with Gasteiger partial charge in [0, 0.05) is 55.6 Å². The molecule has 1 saturated carbocycles. The number of aromatic nitrogens is 3. The van der Waals surface area contributed by atoms with Gasteiger partial charge < -0.3 is 19.6 Å². The molecule has 1 aliphatic carbocycles. The second kappa shape index (κ2) is 8.61. The Morgan fingerprint density at radius 1 is 1.21 bits per heavy atom. The van der Waals surface area contributed by atoms with Gasteiger partial charge in [-0.2, -0.15) is 0 Å². The van der Waals surface area contributed by atoms with E-state index in [1.54, 1.807) is 23.5 Å². The zero-order valence-electron chi connectivity index (χ0n) is 18.9. The van der Waals surface area contributed by atoms with E-state index in [2.05, 4.69) is 19.9 Å². The van der Waals surface area contributed by atoms with Crippen molar-refractivity contribution in [3.8, 4) is 11.4 Å². The molecule has 0 unspecified atom stereocenters. The summed E-state index contributed by atoms with van der Waals surface area (Å²) in [5.74, 6) is -0.470. The molecule has 3 aliphatic rings. The van der Waals surface area contributed by atoms with Gasteiger partial charge in [-0.15, -0.1) is 0 Å². The first-order chi connectivity index (χ1) is 15.9. The van der Waals surface area contributed by atoms with Gasteiger partial charge >= 0.3 is 6.09 Å². The van der Waals surface area contributed by atoms with E-state index in [1.807, 2.05) is 6.92 Å². The highest BCUT2D eigenvalue weighted by Crippen LogP contribution is 2.48. The van der Waals surface area contributed by atoms with Crippen LogP contribution in [-0.4, -0.2) is 74.8 Å². The minimum atomic E-state index is -1.16. The molecule has 1 N–H and O–H groups in total. The van der Waals surface area contributed by atoms with Crippen LogP contribution in [0.1, 0.15) is 44.6 Å². The van der Waals surface area contributed by atoms with Crippen molar-refractivity contribution in [2.45, 2.75) is 50.7 Å². The van der Waals surface area contributed by atoms with Gasteiger partial charge in [-0.1, -0.05) is 0 Å². The van der Waals surface area contributed by atoms with Crippen molar-refractivity contribution in [2.24, 2.45) is 5.41 Å². The maximum Gasteiger partial charge on any atom is 0.409 e. The molecule has 2 aliphatic heterocycles. The number of hydrogen-bond donors (Lipinski definition) is 1. The van der Waals surface area contributed by atoms with Crippen molar-refractivity contribution < 1.29 is 19.0 Å². The third kappa shape index (κ3) is 4.19. The first-order valence-corrected chi connectivity index (χ1v) is 11.7. The molecule has 1 spiro atoms. The number of hydrogen-bond acceptors (Lipinski definition) is 7. The lowest BCUT2D eigenvalue weighted by molar-refractivity contribution is -0.0406. The van der Waals surface area contributed by atoms with Crippen LogP contribution in [0.5, 0.6) is 0 Å². The Labute approximate surface area is 192 Å². The van der Waals surface area contributed by atoms with Gasteiger partial charge in [0.1, 0.15) is 11.5 Å². The number of pyridine rings is 1. The zero-order chi connectivity index (χ0) is 23.1. The van der Waals surface area contributed by atoms with Crippen molar-refractivity contribution in [1.82, 2.24) is 24.8 Å². The molecule has 33 heavy (non-hydrogen) atoms. The van der Waals surface area contributed by atoms with Crippen LogP contribution in [0, 0.1) is 11.2 Å². The molecular formula is C24H30FN5O3. The average Bonchev–Trinajstić information content (AvgIpc) is 3.25. The molecule has 0 bridgehead atoms. The van der Waals surface area contributed by atoms with Gasteiger partial charge in [-0.05, 0) is 45.1 Å². The third-order valence-electron chi connectivity index (χ3n) is 7.56. The Kier molecular flexibility index (Phi) is 5.78. The van der Waals surface area contributed by atoms with Gasteiger partial charge in [-0.25, -0.2) is 9.18 Å².